The molecule has 5 rings (SSSR count). The Morgan fingerprint density at radius 3 is 2.78 bits per heavy atom. The van der Waals surface area contributed by atoms with E-state index in [1.165, 1.54) is 6.42 Å². The standard InChI is InChI=1S/C26H25N3O3/c1-2-20-7-5-6-14-28(20)24-13-11-21(29(30)31)15-18(24)17-27-19-10-12-23-22-8-3-4-9-25(22)32-26(23)16-19/h3-4,8-13,15-17,20H,2,5-7,14H2,1H3. The van der Waals surface area contributed by atoms with Gasteiger partial charge in [-0.1, -0.05) is 25.1 Å². The number of nitro groups is 1. The number of fused-ring (bicyclic) bond motifs is 3. The molecule has 0 radical (unpaired) electrons. The van der Waals surface area contributed by atoms with Crippen molar-refractivity contribution in [3.8, 4) is 0 Å². The minimum atomic E-state index is -0.352. The summed E-state index contributed by atoms with van der Waals surface area (Å²) in [6.07, 6.45) is 6.30. The molecule has 1 saturated heterocycles. The van der Waals surface area contributed by atoms with Crippen LogP contribution in [-0.2, 0) is 0 Å². The van der Waals surface area contributed by atoms with Gasteiger partial charge in [0.15, 0.2) is 0 Å². The quantitative estimate of drug-likeness (QED) is 0.195. The number of non-ortho nitro benzene ring substituents is 1. The third kappa shape index (κ3) is 3.73. The molecule has 1 fully saturated rings. The molecule has 0 bridgehead atoms. The van der Waals surface area contributed by atoms with E-state index in [9.17, 15) is 10.1 Å². The summed E-state index contributed by atoms with van der Waals surface area (Å²) in [5, 5.41) is 13.5. The Labute approximate surface area is 186 Å². The minimum absolute atomic E-state index is 0.0768. The maximum Gasteiger partial charge on any atom is 0.270 e. The van der Waals surface area contributed by atoms with Gasteiger partial charge in [-0.05, 0) is 49.9 Å². The number of furan rings is 1. The Kier molecular flexibility index (Phi) is 5.35. The molecule has 6 nitrogen and oxygen atoms in total. The summed E-state index contributed by atoms with van der Waals surface area (Å²) in [5.74, 6) is 0. The maximum atomic E-state index is 11.4. The third-order valence-electron chi connectivity index (χ3n) is 6.34. The van der Waals surface area contributed by atoms with Crippen molar-refractivity contribution in [2.24, 2.45) is 4.99 Å². The normalized spacial score (nSPS) is 16.9. The minimum Gasteiger partial charge on any atom is -0.456 e. The van der Waals surface area contributed by atoms with E-state index in [1.54, 1.807) is 18.3 Å². The summed E-state index contributed by atoms with van der Waals surface area (Å²) in [6, 6.07) is 19.4. The Morgan fingerprint density at radius 1 is 1.09 bits per heavy atom. The molecule has 1 aromatic heterocycles. The number of rotatable bonds is 5. The first kappa shape index (κ1) is 20.2. The van der Waals surface area contributed by atoms with Gasteiger partial charge >= 0.3 is 0 Å². The second kappa shape index (κ2) is 8.46. The highest BCUT2D eigenvalue weighted by Crippen LogP contribution is 2.33. The third-order valence-corrected chi connectivity index (χ3v) is 6.34. The van der Waals surface area contributed by atoms with Crippen molar-refractivity contribution in [3.63, 3.8) is 0 Å². The Balaban J connectivity index is 1.53. The predicted octanol–water partition coefficient (Wildman–Crippen LogP) is 7.01. The van der Waals surface area contributed by atoms with Crippen LogP contribution in [0.4, 0.5) is 17.1 Å². The van der Waals surface area contributed by atoms with E-state index in [-0.39, 0.29) is 10.6 Å². The molecule has 3 aromatic carbocycles. The highest BCUT2D eigenvalue weighted by Gasteiger charge is 2.24. The van der Waals surface area contributed by atoms with Crippen molar-refractivity contribution >= 4 is 45.2 Å². The molecule has 0 amide bonds. The van der Waals surface area contributed by atoms with Crippen molar-refractivity contribution in [1.29, 1.82) is 0 Å². The molecule has 6 heteroatoms. The molecule has 162 valence electrons. The van der Waals surface area contributed by atoms with Crippen LogP contribution < -0.4 is 4.90 Å². The van der Waals surface area contributed by atoms with Gasteiger partial charge in [0.05, 0.1) is 10.6 Å². The molecular weight excluding hydrogens is 402 g/mol. The summed E-state index contributed by atoms with van der Waals surface area (Å²) >= 11 is 0. The van der Waals surface area contributed by atoms with Crippen molar-refractivity contribution < 1.29 is 9.34 Å². The number of hydrogen-bond donors (Lipinski definition) is 0. The Hall–Kier alpha value is -3.67. The SMILES string of the molecule is CCC1CCCCN1c1ccc([N+](=O)[O-])cc1C=Nc1ccc2c(c1)oc1ccccc12. The number of benzene rings is 3. The molecule has 1 atom stereocenters. The van der Waals surface area contributed by atoms with E-state index >= 15 is 0 Å². The molecule has 1 aliphatic rings. The van der Waals surface area contributed by atoms with Gasteiger partial charge < -0.3 is 9.32 Å². The zero-order valence-electron chi connectivity index (χ0n) is 18.0. The molecule has 1 aliphatic heterocycles. The number of nitro benzene ring substituents is 1. The highest BCUT2D eigenvalue weighted by molar-refractivity contribution is 6.05. The fraction of sp³-hybridized carbons (Fsp3) is 0.269. The smallest absolute Gasteiger partial charge is 0.270 e. The molecule has 0 N–H and O–H groups in total. The van der Waals surface area contributed by atoms with Gasteiger partial charge in [0.25, 0.3) is 5.69 Å². The Bertz CT molecular complexity index is 1320. The molecule has 1 unspecified atom stereocenters. The molecule has 32 heavy (non-hydrogen) atoms. The van der Waals surface area contributed by atoms with Crippen LogP contribution in [0.3, 0.4) is 0 Å². The van der Waals surface area contributed by atoms with Crippen molar-refractivity contribution in [3.05, 3.63) is 76.3 Å². The Morgan fingerprint density at radius 2 is 1.94 bits per heavy atom. The van der Waals surface area contributed by atoms with Gasteiger partial charge in [0, 0.05) is 59.0 Å². The average molecular weight is 428 g/mol. The van der Waals surface area contributed by atoms with E-state index in [2.05, 4.69) is 16.8 Å². The number of hydrogen-bond acceptors (Lipinski definition) is 5. The monoisotopic (exact) mass is 427 g/mol. The van der Waals surface area contributed by atoms with E-state index in [0.717, 1.165) is 64.7 Å². The first-order valence-corrected chi connectivity index (χ1v) is 11.1. The number of aliphatic imine (C=N–C) groups is 1. The predicted molar refractivity (Wildman–Crippen MR) is 129 cm³/mol. The summed E-state index contributed by atoms with van der Waals surface area (Å²) < 4.78 is 5.97. The van der Waals surface area contributed by atoms with Crippen LogP contribution in [-0.4, -0.2) is 23.7 Å². The average Bonchev–Trinajstić information content (AvgIpc) is 3.20. The van der Waals surface area contributed by atoms with Crippen LogP contribution in [0.2, 0.25) is 0 Å². The van der Waals surface area contributed by atoms with Gasteiger partial charge in [-0.15, -0.1) is 0 Å². The topological polar surface area (TPSA) is 71.9 Å². The fourth-order valence-corrected chi connectivity index (χ4v) is 4.70. The lowest BCUT2D eigenvalue weighted by Gasteiger charge is -2.38. The molecule has 2 heterocycles. The van der Waals surface area contributed by atoms with Crippen LogP contribution in [0.1, 0.15) is 38.2 Å². The van der Waals surface area contributed by atoms with Gasteiger partial charge in [0.1, 0.15) is 11.2 Å². The summed E-state index contributed by atoms with van der Waals surface area (Å²) in [4.78, 5) is 18.1. The number of para-hydroxylation sites is 1. The summed E-state index contributed by atoms with van der Waals surface area (Å²) in [7, 11) is 0. The van der Waals surface area contributed by atoms with Gasteiger partial charge in [-0.3, -0.25) is 15.1 Å². The molecule has 4 aromatic rings. The zero-order valence-corrected chi connectivity index (χ0v) is 18.0. The van der Waals surface area contributed by atoms with Crippen LogP contribution in [0.15, 0.2) is 70.1 Å². The largest absolute Gasteiger partial charge is 0.456 e. The van der Waals surface area contributed by atoms with E-state index in [4.69, 9.17) is 4.42 Å². The first-order valence-electron chi connectivity index (χ1n) is 11.1. The van der Waals surface area contributed by atoms with Crippen molar-refractivity contribution in [2.75, 3.05) is 11.4 Å². The second-order valence-electron chi connectivity index (χ2n) is 8.29. The first-order chi connectivity index (χ1) is 15.6. The zero-order chi connectivity index (χ0) is 22.1. The van der Waals surface area contributed by atoms with E-state index in [1.807, 2.05) is 48.5 Å². The van der Waals surface area contributed by atoms with E-state index in [0.29, 0.717) is 6.04 Å². The molecule has 0 aliphatic carbocycles. The fourth-order valence-electron chi connectivity index (χ4n) is 4.70. The number of piperidine rings is 1. The van der Waals surface area contributed by atoms with Gasteiger partial charge in [0.2, 0.25) is 0 Å². The second-order valence-corrected chi connectivity index (χ2v) is 8.29. The van der Waals surface area contributed by atoms with Crippen LogP contribution >= 0.6 is 0 Å². The number of anilines is 1. The summed E-state index contributed by atoms with van der Waals surface area (Å²) in [6.45, 7) is 3.16. The highest BCUT2D eigenvalue weighted by atomic mass is 16.6. The van der Waals surface area contributed by atoms with Crippen molar-refractivity contribution in [1.82, 2.24) is 0 Å². The lowest BCUT2D eigenvalue weighted by atomic mass is 9.98. The van der Waals surface area contributed by atoms with Crippen LogP contribution in [0.25, 0.3) is 21.9 Å². The van der Waals surface area contributed by atoms with Crippen LogP contribution in [0, 0.1) is 10.1 Å². The van der Waals surface area contributed by atoms with Gasteiger partial charge in [-0.25, -0.2) is 0 Å². The van der Waals surface area contributed by atoms with Crippen molar-refractivity contribution in [2.45, 2.75) is 38.6 Å². The van der Waals surface area contributed by atoms with Crippen LogP contribution in [0.5, 0.6) is 0 Å². The van der Waals surface area contributed by atoms with E-state index < -0.39 is 0 Å². The maximum absolute atomic E-state index is 11.4. The number of nitrogens with zero attached hydrogens (tertiary/aromatic N) is 3. The molecule has 0 saturated carbocycles. The lowest BCUT2D eigenvalue weighted by molar-refractivity contribution is -0.384. The molecule has 0 spiro atoms. The van der Waals surface area contributed by atoms with Gasteiger partial charge in [-0.2, -0.15) is 0 Å². The lowest BCUT2D eigenvalue weighted by Crippen LogP contribution is -2.39. The molecular formula is C26H25N3O3. The summed E-state index contributed by atoms with van der Waals surface area (Å²) in [5.41, 5.74) is 4.23.